The number of anilines is 2. The minimum atomic E-state index is -0.266. The van der Waals surface area contributed by atoms with Gasteiger partial charge >= 0.3 is 0 Å². The monoisotopic (exact) mass is 571 g/mol. The number of allylic oxidation sites excluding steroid dienone is 1. The van der Waals surface area contributed by atoms with Crippen molar-refractivity contribution in [2.75, 3.05) is 56.1 Å². The highest BCUT2D eigenvalue weighted by molar-refractivity contribution is 6.11. The third kappa shape index (κ3) is 7.72. The summed E-state index contributed by atoms with van der Waals surface area (Å²) >= 11 is 0. The van der Waals surface area contributed by atoms with Gasteiger partial charge in [0.15, 0.2) is 11.7 Å². The van der Waals surface area contributed by atoms with E-state index in [-0.39, 0.29) is 11.7 Å². The van der Waals surface area contributed by atoms with Gasteiger partial charge in [-0.25, -0.2) is 9.38 Å². The van der Waals surface area contributed by atoms with Crippen LogP contribution in [-0.4, -0.2) is 78.5 Å². The van der Waals surface area contributed by atoms with Crippen LogP contribution >= 0.6 is 0 Å². The van der Waals surface area contributed by atoms with E-state index in [4.69, 9.17) is 0 Å². The second-order valence-electron chi connectivity index (χ2n) is 10.5. The van der Waals surface area contributed by atoms with Crippen molar-refractivity contribution in [1.29, 1.82) is 0 Å². The molecule has 0 unspecified atom stereocenters. The van der Waals surface area contributed by atoms with E-state index in [1.807, 2.05) is 48.7 Å². The number of amides is 1. The quantitative estimate of drug-likeness (QED) is 0.224. The normalized spacial score (nSPS) is 15.6. The van der Waals surface area contributed by atoms with Crippen LogP contribution in [-0.2, 0) is 18.3 Å². The zero-order valence-electron chi connectivity index (χ0n) is 25.3. The van der Waals surface area contributed by atoms with Gasteiger partial charge in [-0.2, -0.15) is 5.10 Å². The highest BCUT2D eigenvalue weighted by Gasteiger charge is 2.24. The summed E-state index contributed by atoms with van der Waals surface area (Å²) in [6.45, 7) is 13.2. The average molecular weight is 572 g/mol. The molecule has 222 valence electrons. The first-order chi connectivity index (χ1) is 20.3. The highest BCUT2D eigenvalue weighted by atomic mass is 19.1. The van der Waals surface area contributed by atoms with E-state index in [2.05, 4.69) is 49.7 Å². The molecule has 0 atom stereocenters. The number of aromatic nitrogens is 2. The molecule has 0 radical (unpaired) electrons. The lowest BCUT2D eigenvalue weighted by Crippen LogP contribution is -2.48. The molecule has 2 aromatic carbocycles. The molecule has 1 aromatic heterocycles. The summed E-state index contributed by atoms with van der Waals surface area (Å²) in [4.78, 5) is 27.0. The van der Waals surface area contributed by atoms with Crippen molar-refractivity contribution in [3.63, 3.8) is 0 Å². The molecule has 9 heteroatoms. The number of carbonyl (C=O) groups excluding carboxylic acids is 1. The van der Waals surface area contributed by atoms with E-state index >= 15 is 0 Å². The molecule has 0 spiro atoms. The number of benzene rings is 2. The molecule has 0 N–H and O–H groups in total. The number of rotatable bonds is 7. The van der Waals surface area contributed by atoms with Gasteiger partial charge in [-0.1, -0.05) is 37.3 Å². The molecule has 0 bridgehead atoms. The van der Waals surface area contributed by atoms with Gasteiger partial charge in [-0.05, 0) is 55.2 Å². The van der Waals surface area contributed by atoms with Crippen LogP contribution in [0, 0.1) is 5.82 Å². The lowest BCUT2D eigenvalue weighted by atomic mass is 10.1. The summed E-state index contributed by atoms with van der Waals surface area (Å²) < 4.78 is 15.0. The van der Waals surface area contributed by atoms with E-state index in [1.165, 1.54) is 29.9 Å². The van der Waals surface area contributed by atoms with Crippen LogP contribution in [0.1, 0.15) is 43.4 Å². The summed E-state index contributed by atoms with van der Waals surface area (Å²) in [6.07, 6.45) is 4.61. The second kappa shape index (κ2) is 14.6. The van der Waals surface area contributed by atoms with Gasteiger partial charge in [0.2, 0.25) is 5.91 Å². The van der Waals surface area contributed by atoms with Gasteiger partial charge in [0.25, 0.3) is 0 Å². The van der Waals surface area contributed by atoms with Crippen molar-refractivity contribution in [2.24, 2.45) is 17.0 Å². The SMILES string of the molecule is C=CCc1ccc(C(C)=NC(=NC)c2ccc(F)cc2)cc1.CCC(=O)N1CCN(c2cc(N3CCC3)n(C)n2)CC1. The maximum Gasteiger partial charge on any atom is 0.222 e. The van der Waals surface area contributed by atoms with Crippen LogP contribution in [0.25, 0.3) is 0 Å². The summed E-state index contributed by atoms with van der Waals surface area (Å²) in [7, 11) is 3.69. The Hall–Kier alpha value is -4.27. The molecule has 3 heterocycles. The first-order valence-corrected chi connectivity index (χ1v) is 14.6. The van der Waals surface area contributed by atoms with E-state index < -0.39 is 0 Å². The lowest BCUT2D eigenvalue weighted by molar-refractivity contribution is -0.131. The Labute approximate surface area is 248 Å². The molecule has 5 rings (SSSR count). The van der Waals surface area contributed by atoms with E-state index in [9.17, 15) is 9.18 Å². The third-order valence-electron chi connectivity index (χ3n) is 7.62. The number of nitrogens with zero attached hydrogens (tertiary/aromatic N) is 7. The molecule has 8 nitrogen and oxygen atoms in total. The summed E-state index contributed by atoms with van der Waals surface area (Å²) in [5, 5.41) is 4.62. The Morgan fingerprint density at radius 2 is 1.62 bits per heavy atom. The van der Waals surface area contributed by atoms with Crippen LogP contribution in [0.15, 0.2) is 77.2 Å². The highest BCUT2D eigenvalue weighted by Crippen LogP contribution is 2.25. The molecule has 2 aliphatic rings. The fourth-order valence-electron chi connectivity index (χ4n) is 4.96. The van der Waals surface area contributed by atoms with Crippen molar-refractivity contribution >= 4 is 29.1 Å². The minimum absolute atomic E-state index is 0.256. The number of carbonyl (C=O) groups is 1. The topological polar surface area (TPSA) is 69.3 Å². The molecule has 2 saturated heterocycles. The van der Waals surface area contributed by atoms with Crippen molar-refractivity contribution in [3.8, 4) is 0 Å². The fourth-order valence-corrected chi connectivity index (χ4v) is 4.96. The van der Waals surface area contributed by atoms with Crippen molar-refractivity contribution < 1.29 is 9.18 Å². The Balaban J connectivity index is 0.000000193. The summed E-state index contributed by atoms with van der Waals surface area (Å²) in [6, 6.07) is 16.6. The molecule has 2 fully saturated rings. The van der Waals surface area contributed by atoms with Crippen LogP contribution < -0.4 is 9.80 Å². The maximum atomic E-state index is 13.0. The van der Waals surface area contributed by atoms with Crippen molar-refractivity contribution in [2.45, 2.75) is 33.1 Å². The van der Waals surface area contributed by atoms with Crippen molar-refractivity contribution in [3.05, 3.63) is 89.8 Å². The van der Waals surface area contributed by atoms with Gasteiger partial charge in [0.1, 0.15) is 11.6 Å². The lowest BCUT2D eigenvalue weighted by Gasteiger charge is -2.34. The van der Waals surface area contributed by atoms with Gasteiger partial charge in [0.05, 0.1) is 0 Å². The average Bonchev–Trinajstić information content (AvgIpc) is 3.36. The standard InChI is InChI=1S/C19H19FN2.C14H23N5O/c1-4-5-15-6-8-16(9-7-15)14(2)22-19(21-3)17-10-12-18(20)13-11-17;1-3-14(20)19-9-7-17(8-10-19)12-11-13(16(2)15-12)18-5-4-6-18/h4,6-13H,1,5H2,2-3H3;11H,3-10H2,1-2H3. The van der Waals surface area contributed by atoms with Gasteiger partial charge in [0, 0.05) is 77.1 Å². The summed E-state index contributed by atoms with van der Waals surface area (Å²) in [5.74, 6) is 2.83. The fraction of sp³-hybridized carbons (Fsp3) is 0.394. The molecule has 2 aliphatic heterocycles. The Bertz CT molecular complexity index is 1400. The van der Waals surface area contributed by atoms with E-state index in [0.717, 1.165) is 68.3 Å². The first kappa shape index (κ1) is 30.7. The zero-order valence-corrected chi connectivity index (χ0v) is 25.3. The zero-order chi connectivity index (χ0) is 30.1. The van der Waals surface area contributed by atoms with Crippen molar-refractivity contribution in [1.82, 2.24) is 14.7 Å². The molecular formula is C33H42FN7O. The predicted molar refractivity (Wildman–Crippen MR) is 171 cm³/mol. The minimum Gasteiger partial charge on any atom is -0.357 e. The smallest absolute Gasteiger partial charge is 0.222 e. The second-order valence-corrected chi connectivity index (χ2v) is 10.5. The number of piperazine rings is 1. The number of amidine groups is 1. The number of hydrogen-bond acceptors (Lipinski definition) is 5. The number of aryl methyl sites for hydroxylation is 1. The van der Waals surface area contributed by atoms with Crippen LogP contribution in [0.4, 0.5) is 16.0 Å². The van der Waals surface area contributed by atoms with Crippen LogP contribution in [0.2, 0.25) is 0 Å². The maximum absolute atomic E-state index is 13.0. The summed E-state index contributed by atoms with van der Waals surface area (Å²) in [5.41, 5.74) is 3.92. The molecule has 3 aromatic rings. The van der Waals surface area contributed by atoms with Gasteiger partial charge in [-0.15, -0.1) is 6.58 Å². The van der Waals surface area contributed by atoms with Crippen LogP contribution in [0.5, 0.6) is 0 Å². The first-order valence-electron chi connectivity index (χ1n) is 14.6. The molecule has 0 saturated carbocycles. The Morgan fingerprint density at radius 1 is 0.976 bits per heavy atom. The number of aliphatic imine (C=N–C) groups is 2. The molecule has 0 aliphatic carbocycles. The van der Waals surface area contributed by atoms with Gasteiger partial charge < -0.3 is 14.7 Å². The van der Waals surface area contributed by atoms with Crippen LogP contribution in [0.3, 0.4) is 0 Å². The third-order valence-corrected chi connectivity index (χ3v) is 7.62. The van der Waals surface area contributed by atoms with E-state index in [1.54, 1.807) is 19.2 Å². The molecule has 1 amide bonds. The molecular weight excluding hydrogens is 529 g/mol. The Morgan fingerprint density at radius 3 is 2.17 bits per heavy atom. The molecule has 42 heavy (non-hydrogen) atoms. The number of halogens is 1. The van der Waals surface area contributed by atoms with Gasteiger partial charge in [-0.3, -0.25) is 14.5 Å². The Kier molecular flexibility index (Phi) is 10.6. The number of hydrogen-bond donors (Lipinski definition) is 0. The largest absolute Gasteiger partial charge is 0.357 e. The van der Waals surface area contributed by atoms with E-state index in [0.29, 0.717) is 12.3 Å². The predicted octanol–water partition coefficient (Wildman–Crippen LogP) is 5.13.